The highest BCUT2D eigenvalue weighted by Crippen LogP contribution is 2.44. The summed E-state index contributed by atoms with van der Waals surface area (Å²) in [6.45, 7) is 6.48. The Hall–Kier alpha value is -2.37. The van der Waals surface area contributed by atoms with Crippen molar-refractivity contribution in [2.45, 2.75) is 63.3 Å². The summed E-state index contributed by atoms with van der Waals surface area (Å²) in [6, 6.07) is 14.5. The zero-order chi connectivity index (χ0) is 21.1. The lowest BCUT2D eigenvalue weighted by atomic mass is 9.76. The molecule has 1 amide bonds. The van der Waals surface area contributed by atoms with Crippen molar-refractivity contribution < 1.29 is 19.4 Å². The van der Waals surface area contributed by atoms with Crippen molar-refractivity contribution in [1.29, 1.82) is 0 Å². The minimum atomic E-state index is -0.971. The van der Waals surface area contributed by atoms with Gasteiger partial charge in [0, 0.05) is 12.8 Å². The lowest BCUT2D eigenvalue weighted by Crippen LogP contribution is -2.63. The molecule has 2 heterocycles. The van der Waals surface area contributed by atoms with E-state index in [4.69, 9.17) is 9.47 Å². The van der Waals surface area contributed by atoms with Gasteiger partial charge in [0.2, 0.25) is 0 Å². The lowest BCUT2D eigenvalue weighted by molar-refractivity contribution is -0.141. The number of fused-ring (bicyclic) bond motifs is 5. The second kappa shape index (κ2) is 6.82. The van der Waals surface area contributed by atoms with Crippen molar-refractivity contribution in [3.8, 4) is 11.1 Å². The molecular formula is C25H29NO4. The number of hydrogen-bond donors (Lipinski definition) is 1. The average Bonchev–Trinajstić information content (AvgIpc) is 3.03. The van der Waals surface area contributed by atoms with Gasteiger partial charge in [0.1, 0.15) is 5.60 Å². The standard InChI is InChI=1S/C25H29NO4/c1-24(2,3)30-23(27)26-19-12-25(28,13-20(26)15-29-14-19)18-8-9-22-17(11-18)10-16-6-4-5-7-21(16)22/h4-9,11,19-20,28H,10,12-15H2,1-3H3. The van der Waals surface area contributed by atoms with Crippen LogP contribution in [0.25, 0.3) is 11.1 Å². The first-order chi connectivity index (χ1) is 14.2. The molecule has 30 heavy (non-hydrogen) atoms. The molecule has 0 spiro atoms. The molecule has 0 aromatic heterocycles. The van der Waals surface area contributed by atoms with Gasteiger partial charge in [-0.15, -0.1) is 0 Å². The topological polar surface area (TPSA) is 59.0 Å². The fraction of sp³-hybridized carbons (Fsp3) is 0.480. The van der Waals surface area contributed by atoms with E-state index in [1.807, 2.05) is 20.8 Å². The van der Waals surface area contributed by atoms with Crippen LogP contribution in [0.5, 0.6) is 0 Å². The molecule has 0 saturated carbocycles. The normalized spacial score (nSPS) is 27.4. The second-order valence-electron chi connectivity index (χ2n) is 9.88. The summed E-state index contributed by atoms with van der Waals surface area (Å²) in [5.41, 5.74) is 4.56. The van der Waals surface area contributed by atoms with Gasteiger partial charge in [0.05, 0.1) is 30.9 Å². The maximum Gasteiger partial charge on any atom is 0.410 e. The summed E-state index contributed by atoms with van der Waals surface area (Å²) in [4.78, 5) is 14.6. The van der Waals surface area contributed by atoms with E-state index < -0.39 is 11.2 Å². The van der Waals surface area contributed by atoms with Crippen molar-refractivity contribution in [3.63, 3.8) is 0 Å². The van der Waals surface area contributed by atoms with Gasteiger partial charge in [-0.1, -0.05) is 42.5 Å². The third kappa shape index (κ3) is 3.30. The molecule has 0 radical (unpaired) electrons. The van der Waals surface area contributed by atoms with Crippen LogP contribution < -0.4 is 0 Å². The van der Waals surface area contributed by atoms with E-state index in [0.29, 0.717) is 26.1 Å². The fourth-order valence-electron chi connectivity index (χ4n) is 5.26. The Balaban J connectivity index is 1.42. The molecule has 2 atom stereocenters. The molecule has 1 N–H and O–H groups in total. The molecule has 1 aliphatic carbocycles. The van der Waals surface area contributed by atoms with Gasteiger partial charge in [-0.05, 0) is 55.0 Å². The van der Waals surface area contributed by atoms with Crippen molar-refractivity contribution in [2.24, 2.45) is 0 Å². The molecule has 5 heteroatoms. The van der Waals surface area contributed by atoms with E-state index >= 15 is 0 Å². The fourth-order valence-corrected chi connectivity index (χ4v) is 5.26. The summed E-state index contributed by atoms with van der Waals surface area (Å²) in [5, 5.41) is 11.7. The van der Waals surface area contributed by atoms with Gasteiger partial charge in [0.25, 0.3) is 0 Å². The average molecular weight is 408 g/mol. The third-order valence-electron chi connectivity index (χ3n) is 6.49. The van der Waals surface area contributed by atoms with Crippen LogP contribution in [0.4, 0.5) is 4.79 Å². The quantitative estimate of drug-likeness (QED) is 0.655. The van der Waals surface area contributed by atoms with Crippen LogP contribution in [-0.2, 0) is 21.5 Å². The van der Waals surface area contributed by atoms with E-state index in [9.17, 15) is 9.90 Å². The van der Waals surface area contributed by atoms with E-state index in [1.54, 1.807) is 4.90 Å². The molecule has 2 aliphatic heterocycles. The van der Waals surface area contributed by atoms with E-state index in [2.05, 4.69) is 42.5 Å². The highest BCUT2D eigenvalue weighted by atomic mass is 16.6. The summed E-state index contributed by atoms with van der Waals surface area (Å²) in [6.07, 6.45) is 1.49. The predicted molar refractivity (Wildman–Crippen MR) is 114 cm³/mol. The van der Waals surface area contributed by atoms with Gasteiger partial charge in [-0.25, -0.2) is 4.79 Å². The first-order valence-corrected chi connectivity index (χ1v) is 10.8. The summed E-state index contributed by atoms with van der Waals surface area (Å²) >= 11 is 0. The molecule has 2 fully saturated rings. The SMILES string of the molecule is CC(C)(C)OC(=O)N1C2COCC1CC(O)(c1ccc3c(c1)Cc1ccccc1-3)C2. The lowest BCUT2D eigenvalue weighted by Gasteiger charge is -2.51. The second-order valence-corrected chi connectivity index (χ2v) is 9.88. The molecule has 5 nitrogen and oxygen atoms in total. The number of amides is 1. The minimum absolute atomic E-state index is 0.192. The van der Waals surface area contributed by atoms with E-state index in [-0.39, 0.29) is 18.2 Å². The highest BCUT2D eigenvalue weighted by molar-refractivity contribution is 5.77. The van der Waals surface area contributed by atoms with Crippen LogP contribution in [0.3, 0.4) is 0 Å². The number of rotatable bonds is 1. The number of carbonyl (C=O) groups excluding carboxylic acids is 1. The van der Waals surface area contributed by atoms with Gasteiger partial charge in [-0.3, -0.25) is 4.90 Å². The van der Waals surface area contributed by atoms with Crippen LogP contribution in [0.1, 0.15) is 50.3 Å². The molecule has 5 rings (SSSR count). The van der Waals surface area contributed by atoms with E-state index in [1.165, 1.54) is 22.3 Å². The number of aliphatic hydroxyl groups is 1. The minimum Gasteiger partial charge on any atom is -0.444 e. The Kier molecular flexibility index (Phi) is 4.46. The Morgan fingerprint density at radius 3 is 2.43 bits per heavy atom. The zero-order valence-corrected chi connectivity index (χ0v) is 17.9. The Bertz CT molecular complexity index is 979. The molecule has 3 aliphatic rings. The number of carbonyl (C=O) groups is 1. The first-order valence-electron chi connectivity index (χ1n) is 10.8. The van der Waals surface area contributed by atoms with Crippen LogP contribution in [-0.4, -0.2) is 47.0 Å². The Morgan fingerprint density at radius 2 is 1.73 bits per heavy atom. The van der Waals surface area contributed by atoms with Crippen LogP contribution in [0, 0.1) is 0 Å². The third-order valence-corrected chi connectivity index (χ3v) is 6.49. The van der Waals surface area contributed by atoms with Crippen LogP contribution in [0.2, 0.25) is 0 Å². The highest BCUT2D eigenvalue weighted by Gasteiger charge is 2.50. The van der Waals surface area contributed by atoms with Crippen LogP contribution >= 0.6 is 0 Å². The van der Waals surface area contributed by atoms with Gasteiger partial charge < -0.3 is 14.6 Å². The maximum absolute atomic E-state index is 12.8. The van der Waals surface area contributed by atoms with Crippen molar-refractivity contribution in [2.75, 3.05) is 13.2 Å². The summed E-state index contributed by atoms with van der Waals surface area (Å²) in [5.74, 6) is 0. The molecule has 158 valence electrons. The van der Waals surface area contributed by atoms with Crippen molar-refractivity contribution in [1.82, 2.24) is 4.90 Å². The number of piperidine rings is 1. The number of benzene rings is 2. The molecule has 2 aromatic rings. The van der Waals surface area contributed by atoms with E-state index in [0.717, 1.165) is 12.0 Å². The summed E-state index contributed by atoms with van der Waals surface area (Å²) < 4.78 is 11.4. The monoisotopic (exact) mass is 407 g/mol. The smallest absolute Gasteiger partial charge is 0.410 e. The van der Waals surface area contributed by atoms with Crippen LogP contribution in [0.15, 0.2) is 42.5 Å². The number of ether oxygens (including phenoxy) is 2. The van der Waals surface area contributed by atoms with Gasteiger partial charge in [0.15, 0.2) is 0 Å². The number of hydrogen-bond acceptors (Lipinski definition) is 4. The van der Waals surface area contributed by atoms with Crippen molar-refractivity contribution >= 4 is 6.09 Å². The molecular weight excluding hydrogens is 378 g/mol. The first kappa shape index (κ1) is 19.6. The predicted octanol–water partition coefficient (Wildman–Crippen LogP) is 4.24. The molecule has 2 saturated heterocycles. The zero-order valence-electron chi connectivity index (χ0n) is 17.9. The number of morpholine rings is 1. The number of nitrogens with zero attached hydrogens (tertiary/aromatic N) is 1. The van der Waals surface area contributed by atoms with Gasteiger partial charge >= 0.3 is 6.09 Å². The Labute approximate surface area is 177 Å². The van der Waals surface area contributed by atoms with Crippen molar-refractivity contribution in [3.05, 3.63) is 59.2 Å². The largest absolute Gasteiger partial charge is 0.444 e. The molecule has 2 aromatic carbocycles. The summed E-state index contributed by atoms with van der Waals surface area (Å²) in [7, 11) is 0. The maximum atomic E-state index is 12.8. The Morgan fingerprint density at radius 1 is 1.07 bits per heavy atom. The van der Waals surface area contributed by atoms with Gasteiger partial charge in [-0.2, -0.15) is 0 Å². The molecule has 2 unspecified atom stereocenters. The molecule has 2 bridgehead atoms.